The van der Waals surface area contributed by atoms with Crippen molar-refractivity contribution in [3.8, 4) is 5.75 Å². The van der Waals surface area contributed by atoms with Gasteiger partial charge >= 0.3 is 12.1 Å². The summed E-state index contributed by atoms with van der Waals surface area (Å²) in [5.74, 6) is -0.784. The molecule has 11 heteroatoms. The Labute approximate surface area is 166 Å². The van der Waals surface area contributed by atoms with E-state index in [1.165, 1.54) is 18.2 Å². The first-order valence-corrected chi connectivity index (χ1v) is 8.77. The van der Waals surface area contributed by atoms with E-state index < -0.39 is 17.7 Å². The Morgan fingerprint density at radius 3 is 2.73 bits per heavy atom. The Balaban J connectivity index is 2.05. The maximum atomic E-state index is 13.3. The van der Waals surface area contributed by atoms with Crippen LogP contribution in [0.1, 0.15) is 22.8 Å². The van der Waals surface area contributed by atoms with Gasteiger partial charge in [-0.25, -0.2) is 4.79 Å². The van der Waals surface area contributed by atoms with Gasteiger partial charge < -0.3 is 15.2 Å². The fourth-order valence-electron chi connectivity index (χ4n) is 3.10. The minimum absolute atomic E-state index is 0.0356. The number of hydrogen-bond donors (Lipinski definition) is 2. The summed E-state index contributed by atoms with van der Waals surface area (Å²) in [5, 5.41) is 24.1. The number of fused-ring (bicyclic) bond motifs is 3. The maximum Gasteiger partial charge on any atom is 0.416 e. The summed E-state index contributed by atoms with van der Waals surface area (Å²) in [6.07, 6.45) is -4.58. The SMILES string of the molecule is CCOC(=O)c1c(Nc2cccc(O)c2)c2ccc(C(F)(F)F)cc2n2nnnc12. The molecule has 0 saturated heterocycles. The fraction of sp³-hybridized carbons (Fsp3) is 0.158. The van der Waals surface area contributed by atoms with Gasteiger partial charge in [0, 0.05) is 17.1 Å². The van der Waals surface area contributed by atoms with Crippen LogP contribution in [0.3, 0.4) is 0 Å². The van der Waals surface area contributed by atoms with Crippen molar-refractivity contribution in [3.05, 3.63) is 53.6 Å². The van der Waals surface area contributed by atoms with Crippen LogP contribution in [0.2, 0.25) is 0 Å². The number of alkyl halides is 3. The smallest absolute Gasteiger partial charge is 0.416 e. The van der Waals surface area contributed by atoms with E-state index in [4.69, 9.17) is 4.74 Å². The second-order valence-electron chi connectivity index (χ2n) is 6.29. The molecule has 4 aromatic rings. The van der Waals surface area contributed by atoms with Crippen molar-refractivity contribution in [3.63, 3.8) is 0 Å². The van der Waals surface area contributed by atoms with E-state index in [9.17, 15) is 23.1 Å². The highest BCUT2D eigenvalue weighted by Crippen LogP contribution is 2.37. The molecule has 0 fully saturated rings. The zero-order chi connectivity index (χ0) is 21.5. The molecule has 0 atom stereocenters. The van der Waals surface area contributed by atoms with Crippen LogP contribution >= 0.6 is 0 Å². The number of phenols is 1. The number of esters is 1. The van der Waals surface area contributed by atoms with Crippen molar-refractivity contribution < 1.29 is 27.8 Å². The number of nitrogens with zero attached hydrogens (tertiary/aromatic N) is 4. The Morgan fingerprint density at radius 2 is 2.03 bits per heavy atom. The van der Waals surface area contributed by atoms with E-state index in [2.05, 4.69) is 20.8 Å². The molecule has 2 aromatic carbocycles. The molecule has 0 radical (unpaired) electrons. The highest BCUT2D eigenvalue weighted by molar-refractivity contribution is 6.11. The molecular weight excluding hydrogens is 403 g/mol. The van der Waals surface area contributed by atoms with Crippen LogP contribution in [-0.2, 0) is 10.9 Å². The molecule has 30 heavy (non-hydrogen) atoms. The Bertz CT molecular complexity index is 1270. The number of aromatic hydroxyl groups is 1. The third-order valence-electron chi connectivity index (χ3n) is 4.36. The average molecular weight is 417 g/mol. The number of ether oxygens (including phenoxy) is 1. The highest BCUT2D eigenvalue weighted by atomic mass is 19.4. The summed E-state index contributed by atoms with van der Waals surface area (Å²) >= 11 is 0. The zero-order valence-corrected chi connectivity index (χ0v) is 15.4. The molecule has 0 aliphatic carbocycles. The van der Waals surface area contributed by atoms with E-state index in [0.29, 0.717) is 5.69 Å². The normalized spacial score (nSPS) is 11.7. The van der Waals surface area contributed by atoms with Crippen LogP contribution < -0.4 is 5.32 Å². The minimum Gasteiger partial charge on any atom is -0.508 e. The summed E-state index contributed by atoms with van der Waals surface area (Å²) in [7, 11) is 0. The lowest BCUT2D eigenvalue weighted by molar-refractivity contribution is -0.137. The van der Waals surface area contributed by atoms with E-state index in [0.717, 1.165) is 16.6 Å². The highest BCUT2D eigenvalue weighted by Gasteiger charge is 2.32. The third-order valence-corrected chi connectivity index (χ3v) is 4.36. The molecule has 8 nitrogen and oxygen atoms in total. The predicted molar refractivity (Wildman–Crippen MR) is 101 cm³/mol. The van der Waals surface area contributed by atoms with E-state index in [1.54, 1.807) is 19.1 Å². The standard InChI is InChI=1S/C19H14F3N5O3/c1-2-30-18(29)15-16(23-11-4-3-5-12(28)9-11)13-7-6-10(19(20,21)22)8-14(13)27-17(15)24-25-26-27/h3-9,23,28H,2H2,1H3. The lowest BCUT2D eigenvalue weighted by Gasteiger charge is -2.17. The minimum atomic E-state index is -4.58. The van der Waals surface area contributed by atoms with Gasteiger partial charge in [0.15, 0.2) is 5.65 Å². The molecule has 0 aliphatic heterocycles. The van der Waals surface area contributed by atoms with E-state index in [1.807, 2.05) is 0 Å². The number of phenolic OH excluding ortho intramolecular Hbond substituents is 1. The molecule has 0 bridgehead atoms. The quantitative estimate of drug-likeness (QED) is 0.485. The van der Waals surface area contributed by atoms with Crippen molar-refractivity contribution in [1.29, 1.82) is 0 Å². The van der Waals surface area contributed by atoms with Crippen LogP contribution in [0.15, 0.2) is 42.5 Å². The number of pyridine rings is 1. The third kappa shape index (κ3) is 3.34. The second kappa shape index (κ2) is 7.17. The molecule has 0 unspecified atom stereocenters. The van der Waals surface area contributed by atoms with Crippen molar-refractivity contribution in [2.24, 2.45) is 0 Å². The molecule has 154 valence electrons. The number of rotatable bonds is 4. The van der Waals surface area contributed by atoms with Gasteiger partial charge in [-0.3, -0.25) is 0 Å². The topological polar surface area (TPSA) is 102 Å². The van der Waals surface area contributed by atoms with Crippen molar-refractivity contribution in [2.45, 2.75) is 13.1 Å². The molecule has 0 amide bonds. The summed E-state index contributed by atoms with van der Waals surface area (Å²) in [6, 6.07) is 9.09. The Morgan fingerprint density at radius 1 is 1.23 bits per heavy atom. The molecule has 4 rings (SSSR count). The average Bonchev–Trinajstić information content (AvgIpc) is 3.17. The first kappa shape index (κ1) is 19.4. The van der Waals surface area contributed by atoms with Crippen LogP contribution in [0.4, 0.5) is 24.5 Å². The number of benzene rings is 2. The lowest BCUT2D eigenvalue weighted by Crippen LogP contribution is -2.13. The van der Waals surface area contributed by atoms with Gasteiger partial charge in [0.25, 0.3) is 0 Å². The maximum absolute atomic E-state index is 13.3. The number of carbonyl (C=O) groups excluding carboxylic acids is 1. The number of halogens is 3. The lowest BCUT2D eigenvalue weighted by atomic mass is 10.0. The van der Waals surface area contributed by atoms with Gasteiger partial charge in [-0.2, -0.15) is 17.7 Å². The van der Waals surface area contributed by atoms with Gasteiger partial charge in [-0.1, -0.05) is 12.1 Å². The van der Waals surface area contributed by atoms with Crippen molar-refractivity contribution in [1.82, 2.24) is 20.0 Å². The monoisotopic (exact) mass is 417 g/mol. The predicted octanol–water partition coefficient (Wildman–Crippen LogP) is 3.92. The Hall–Kier alpha value is -3.89. The van der Waals surface area contributed by atoms with E-state index >= 15 is 0 Å². The van der Waals surface area contributed by atoms with Crippen LogP contribution in [0.5, 0.6) is 5.75 Å². The molecule has 2 heterocycles. The largest absolute Gasteiger partial charge is 0.508 e. The first-order chi connectivity index (χ1) is 14.3. The fourth-order valence-corrected chi connectivity index (χ4v) is 3.10. The first-order valence-electron chi connectivity index (χ1n) is 8.77. The number of tetrazole rings is 1. The molecule has 0 aliphatic rings. The Kier molecular flexibility index (Phi) is 4.65. The van der Waals surface area contributed by atoms with Crippen molar-refractivity contribution >= 4 is 33.9 Å². The summed E-state index contributed by atoms with van der Waals surface area (Å²) in [5.41, 5.74) is -0.399. The van der Waals surface area contributed by atoms with Crippen LogP contribution in [-0.4, -0.2) is 37.7 Å². The molecular formula is C19H14F3N5O3. The summed E-state index contributed by atoms with van der Waals surface area (Å²) in [4.78, 5) is 12.7. The van der Waals surface area contributed by atoms with Gasteiger partial charge in [-0.15, -0.1) is 5.10 Å². The number of hydrogen-bond acceptors (Lipinski definition) is 7. The van der Waals surface area contributed by atoms with Gasteiger partial charge in [0.05, 0.1) is 23.4 Å². The number of carbonyl (C=O) groups is 1. The molecule has 0 saturated carbocycles. The number of aromatic nitrogens is 4. The summed E-state index contributed by atoms with van der Waals surface area (Å²) in [6.45, 7) is 1.69. The van der Waals surface area contributed by atoms with Crippen molar-refractivity contribution in [2.75, 3.05) is 11.9 Å². The van der Waals surface area contributed by atoms with Gasteiger partial charge in [0.1, 0.15) is 11.3 Å². The summed E-state index contributed by atoms with van der Waals surface area (Å²) < 4.78 is 46.0. The number of anilines is 2. The zero-order valence-electron chi connectivity index (χ0n) is 15.4. The van der Waals surface area contributed by atoms with Gasteiger partial charge in [0.2, 0.25) is 0 Å². The molecule has 2 aromatic heterocycles. The van der Waals surface area contributed by atoms with Gasteiger partial charge in [-0.05, 0) is 41.6 Å². The second-order valence-corrected chi connectivity index (χ2v) is 6.29. The van der Waals surface area contributed by atoms with Crippen LogP contribution in [0.25, 0.3) is 16.6 Å². The number of nitrogens with one attached hydrogen (secondary N) is 1. The molecule has 0 spiro atoms. The molecule has 2 N–H and O–H groups in total. The van der Waals surface area contributed by atoms with E-state index in [-0.39, 0.29) is 40.2 Å². The van der Waals surface area contributed by atoms with Crippen LogP contribution in [0, 0.1) is 0 Å².